The van der Waals surface area contributed by atoms with E-state index in [-0.39, 0.29) is 11.9 Å². The van der Waals surface area contributed by atoms with Gasteiger partial charge >= 0.3 is 0 Å². The lowest BCUT2D eigenvalue weighted by Gasteiger charge is -2.15. The maximum atomic E-state index is 12.1. The summed E-state index contributed by atoms with van der Waals surface area (Å²) in [4.78, 5) is 16.7. The molecule has 1 unspecified atom stereocenters. The van der Waals surface area contributed by atoms with Gasteiger partial charge in [-0.05, 0) is 30.7 Å². The smallest absolute Gasteiger partial charge is 0.226 e. The van der Waals surface area contributed by atoms with Gasteiger partial charge in [0.1, 0.15) is 5.01 Å². The third-order valence-corrected chi connectivity index (χ3v) is 5.23. The van der Waals surface area contributed by atoms with Crippen LogP contribution in [-0.2, 0) is 17.6 Å². The summed E-state index contributed by atoms with van der Waals surface area (Å²) in [5.41, 5.74) is 8.98. The van der Waals surface area contributed by atoms with Gasteiger partial charge in [0.05, 0.1) is 12.1 Å². The predicted octanol–water partition coefficient (Wildman–Crippen LogP) is 2.77. The van der Waals surface area contributed by atoms with Crippen molar-refractivity contribution >= 4 is 17.2 Å². The molecular formula is C18H23N3OS. The van der Waals surface area contributed by atoms with Crippen LogP contribution >= 0.6 is 11.3 Å². The zero-order valence-electron chi connectivity index (χ0n) is 13.4. The molecule has 0 aliphatic heterocycles. The maximum absolute atomic E-state index is 12.1. The maximum Gasteiger partial charge on any atom is 0.226 e. The van der Waals surface area contributed by atoms with E-state index in [1.165, 1.54) is 18.4 Å². The van der Waals surface area contributed by atoms with Gasteiger partial charge in [-0.15, -0.1) is 11.3 Å². The largest absolute Gasteiger partial charge is 0.351 e. The Kier molecular flexibility index (Phi) is 5.08. The molecule has 1 aliphatic rings. The van der Waals surface area contributed by atoms with E-state index in [0.29, 0.717) is 18.9 Å². The summed E-state index contributed by atoms with van der Waals surface area (Å²) in [5.74, 6) is 0.595. The van der Waals surface area contributed by atoms with Crippen LogP contribution in [-0.4, -0.2) is 23.5 Å². The number of nitrogens with one attached hydrogen (secondary N) is 1. The van der Waals surface area contributed by atoms with Crippen LogP contribution in [0.4, 0.5) is 0 Å². The van der Waals surface area contributed by atoms with Gasteiger partial charge in [0.25, 0.3) is 0 Å². The van der Waals surface area contributed by atoms with E-state index in [1.54, 1.807) is 11.3 Å². The van der Waals surface area contributed by atoms with Gasteiger partial charge in [-0.1, -0.05) is 31.2 Å². The molecule has 23 heavy (non-hydrogen) atoms. The fourth-order valence-corrected chi connectivity index (χ4v) is 3.52. The second kappa shape index (κ2) is 7.23. The van der Waals surface area contributed by atoms with E-state index in [2.05, 4.69) is 41.5 Å². The number of thiazole rings is 1. The van der Waals surface area contributed by atoms with E-state index in [9.17, 15) is 4.79 Å². The lowest BCUT2D eigenvalue weighted by atomic mass is 10.1. The highest BCUT2D eigenvalue weighted by molar-refractivity contribution is 7.13. The second-order valence-electron chi connectivity index (χ2n) is 6.12. The van der Waals surface area contributed by atoms with Crippen molar-refractivity contribution in [3.8, 4) is 10.6 Å². The Labute approximate surface area is 141 Å². The van der Waals surface area contributed by atoms with Gasteiger partial charge in [-0.3, -0.25) is 4.79 Å². The summed E-state index contributed by atoms with van der Waals surface area (Å²) < 4.78 is 0. The number of hydrogen-bond donors (Lipinski definition) is 2. The molecular weight excluding hydrogens is 306 g/mol. The van der Waals surface area contributed by atoms with Crippen molar-refractivity contribution in [1.29, 1.82) is 0 Å². The topological polar surface area (TPSA) is 68.0 Å². The fourth-order valence-electron chi connectivity index (χ4n) is 2.69. The third-order valence-electron chi connectivity index (χ3n) is 4.29. The molecule has 0 bridgehead atoms. The molecule has 5 heteroatoms. The molecule has 1 fully saturated rings. The first-order chi connectivity index (χ1) is 11.2. The molecule has 1 aromatic heterocycles. The van der Waals surface area contributed by atoms with Crippen molar-refractivity contribution in [2.75, 3.05) is 6.54 Å². The Balaban J connectivity index is 1.60. The number of hydrogen-bond acceptors (Lipinski definition) is 4. The highest BCUT2D eigenvalue weighted by Crippen LogP contribution is 2.32. The minimum atomic E-state index is 0.0190. The number of carbonyl (C=O) groups excluding carboxylic acids is 1. The molecule has 1 heterocycles. The summed E-state index contributed by atoms with van der Waals surface area (Å²) in [5, 5.41) is 5.98. The number of benzene rings is 1. The van der Waals surface area contributed by atoms with Crippen molar-refractivity contribution in [3.63, 3.8) is 0 Å². The van der Waals surface area contributed by atoms with Gasteiger partial charge in [-0.2, -0.15) is 0 Å². The first-order valence-electron chi connectivity index (χ1n) is 8.22. The van der Waals surface area contributed by atoms with Crippen LogP contribution in [0.5, 0.6) is 0 Å². The predicted molar refractivity (Wildman–Crippen MR) is 94.3 cm³/mol. The van der Waals surface area contributed by atoms with Gasteiger partial charge in [-0.25, -0.2) is 4.98 Å². The van der Waals surface area contributed by atoms with Crippen molar-refractivity contribution in [3.05, 3.63) is 40.9 Å². The Hall–Kier alpha value is -1.72. The molecule has 1 saturated carbocycles. The van der Waals surface area contributed by atoms with Crippen molar-refractivity contribution in [1.82, 2.24) is 10.3 Å². The molecule has 2 aromatic rings. The average molecular weight is 329 g/mol. The average Bonchev–Trinajstić information content (AvgIpc) is 3.32. The number of nitrogens with two attached hydrogens (primary N) is 1. The molecule has 1 amide bonds. The minimum Gasteiger partial charge on any atom is -0.351 e. The van der Waals surface area contributed by atoms with Gasteiger partial charge in [0.15, 0.2) is 0 Å². The Morgan fingerprint density at radius 1 is 1.39 bits per heavy atom. The highest BCUT2D eigenvalue weighted by Gasteiger charge is 2.31. The second-order valence-corrected chi connectivity index (χ2v) is 6.98. The summed E-state index contributed by atoms with van der Waals surface area (Å²) in [6.07, 6.45) is 3.72. The summed E-state index contributed by atoms with van der Waals surface area (Å²) in [6.45, 7) is 2.66. The van der Waals surface area contributed by atoms with Crippen LogP contribution in [0.25, 0.3) is 10.6 Å². The normalized spacial score (nSPS) is 15.4. The van der Waals surface area contributed by atoms with Crippen molar-refractivity contribution in [2.45, 2.75) is 38.6 Å². The quantitative estimate of drug-likeness (QED) is 0.821. The lowest BCUT2D eigenvalue weighted by Crippen LogP contribution is -2.42. The summed E-state index contributed by atoms with van der Waals surface area (Å²) in [6, 6.07) is 8.58. The zero-order valence-corrected chi connectivity index (χ0v) is 14.2. The standard InChI is InChI=1S/C18H23N3OS/c1-2-12-3-5-14(6-4-12)18-20-15(11-23-18)9-17(22)21-16(10-19)13-7-8-13/h3-6,11,13,16H,2,7-10,19H2,1H3,(H,21,22). The van der Waals surface area contributed by atoms with E-state index in [1.807, 2.05) is 5.38 Å². The van der Waals surface area contributed by atoms with E-state index in [4.69, 9.17) is 5.73 Å². The fraction of sp³-hybridized carbons (Fsp3) is 0.444. The molecule has 3 N–H and O–H groups in total. The van der Waals surface area contributed by atoms with Crippen LogP contribution in [0.15, 0.2) is 29.6 Å². The minimum absolute atomic E-state index is 0.0190. The van der Waals surface area contributed by atoms with Crippen LogP contribution in [0, 0.1) is 5.92 Å². The molecule has 3 rings (SSSR count). The lowest BCUT2D eigenvalue weighted by molar-refractivity contribution is -0.121. The van der Waals surface area contributed by atoms with Crippen molar-refractivity contribution < 1.29 is 4.79 Å². The zero-order chi connectivity index (χ0) is 16.2. The molecule has 0 saturated heterocycles. The molecule has 4 nitrogen and oxygen atoms in total. The Morgan fingerprint density at radius 2 is 2.13 bits per heavy atom. The molecule has 1 atom stereocenters. The Bertz CT molecular complexity index is 661. The highest BCUT2D eigenvalue weighted by atomic mass is 32.1. The first-order valence-corrected chi connectivity index (χ1v) is 9.10. The molecule has 1 aromatic carbocycles. The molecule has 0 spiro atoms. The van der Waals surface area contributed by atoms with E-state index < -0.39 is 0 Å². The summed E-state index contributed by atoms with van der Waals surface area (Å²) >= 11 is 1.59. The third kappa shape index (κ3) is 4.18. The van der Waals surface area contributed by atoms with E-state index in [0.717, 1.165) is 22.7 Å². The van der Waals surface area contributed by atoms with Crippen molar-refractivity contribution in [2.24, 2.45) is 11.7 Å². The van der Waals surface area contributed by atoms with Crippen LogP contribution in [0.2, 0.25) is 0 Å². The van der Waals surface area contributed by atoms with Gasteiger partial charge in [0, 0.05) is 23.5 Å². The molecule has 122 valence electrons. The monoisotopic (exact) mass is 329 g/mol. The number of aromatic nitrogens is 1. The van der Waals surface area contributed by atoms with Crippen LogP contribution in [0.1, 0.15) is 31.0 Å². The number of nitrogens with zero attached hydrogens (tertiary/aromatic N) is 1. The van der Waals surface area contributed by atoms with Crippen LogP contribution < -0.4 is 11.1 Å². The molecule has 1 aliphatic carbocycles. The number of carbonyl (C=O) groups is 1. The molecule has 0 radical (unpaired) electrons. The summed E-state index contributed by atoms with van der Waals surface area (Å²) in [7, 11) is 0. The van der Waals surface area contributed by atoms with Crippen LogP contribution in [0.3, 0.4) is 0 Å². The SMILES string of the molecule is CCc1ccc(-c2nc(CC(=O)NC(CN)C3CC3)cs2)cc1. The number of amides is 1. The van der Waals surface area contributed by atoms with E-state index >= 15 is 0 Å². The number of rotatable bonds is 7. The van der Waals surface area contributed by atoms with Gasteiger partial charge in [0.2, 0.25) is 5.91 Å². The van der Waals surface area contributed by atoms with Gasteiger partial charge < -0.3 is 11.1 Å². The number of aryl methyl sites for hydroxylation is 1. The first kappa shape index (κ1) is 16.1. The Morgan fingerprint density at radius 3 is 2.74 bits per heavy atom.